The molecule has 0 bridgehead atoms. The molecule has 3 aromatic rings. The van der Waals surface area contributed by atoms with Gasteiger partial charge in [0.1, 0.15) is 12.4 Å². The second kappa shape index (κ2) is 6.36. The van der Waals surface area contributed by atoms with Crippen molar-refractivity contribution in [1.29, 1.82) is 0 Å². The maximum atomic E-state index is 13.2. The Balaban J connectivity index is 1.91. The molecule has 25 heavy (non-hydrogen) atoms. The third kappa shape index (κ3) is 3.58. The molecule has 0 fully saturated rings. The molecular formula is C16H10ClF4N3O. The molecule has 0 saturated heterocycles. The molecule has 1 N–H and O–H groups in total. The number of nitrogens with zero attached hydrogens (tertiary/aromatic N) is 2. The molecule has 3 rings (SSSR count). The van der Waals surface area contributed by atoms with Crippen molar-refractivity contribution in [1.82, 2.24) is 9.55 Å². The number of carbonyl (C=O) groups is 1. The third-order valence-electron chi connectivity index (χ3n) is 3.41. The highest BCUT2D eigenvalue weighted by molar-refractivity contribution is 6.31. The van der Waals surface area contributed by atoms with Crippen LogP contribution in [-0.4, -0.2) is 15.5 Å². The van der Waals surface area contributed by atoms with Crippen LogP contribution < -0.4 is 5.32 Å². The van der Waals surface area contributed by atoms with Gasteiger partial charge in [-0.3, -0.25) is 4.79 Å². The topological polar surface area (TPSA) is 46.9 Å². The number of rotatable bonds is 3. The molecule has 0 aliphatic heterocycles. The average Bonchev–Trinajstić information content (AvgIpc) is 2.90. The highest BCUT2D eigenvalue weighted by Gasteiger charge is 2.37. The number of aromatic nitrogens is 2. The molecule has 0 unspecified atom stereocenters. The minimum Gasteiger partial charge on any atom is -0.324 e. The summed E-state index contributed by atoms with van der Waals surface area (Å²) < 4.78 is 53.5. The van der Waals surface area contributed by atoms with Crippen molar-refractivity contribution in [2.45, 2.75) is 12.7 Å². The third-order valence-corrected chi connectivity index (χ3v) is 3.70. The van der Waals surface area contributed by atoms with Gasteiger partial charge in [0.2, 0.25) is 11.7 Å². The molecule has 0 radical (unpaired) electrons. The summed E-state index contributed by atoms with van der Waals surface area (Å²) >= 11 is 5.61. The van der Waals surface area contributed by atoms with Gasteiger partial charge in [-0.2, -0.15) is 13.2 Å². The van der Waals surface area contributed by atoms with Gasteiger partial charge in [-0.25, -0.2) is 9.37 Å². The first-order valence-electron chi connectivity index (χ1n) is 7.03. The van der Waals surface area contributed by atoms with Crippen LogP contribution in [0.25, 0.3) is 11.0 Å². The van der Waals surface area contributed by atoms with E-state index < -0.39 is 30.3 Å². The van der Waals surface area contributed by atoms with Crippen LogP contribution in [-0.2, 0) is 17.5 Å². The van der Waals surface area contributed by atoms with Crippen LogP contribution in [0.5, 0.6) is 0 Å². The quantitative estimate of drug-likeness (QED) is 0.690. The van der Waals surface area contributed by atoms with Crippen molar-refractivity contribution in [2.75, 3.05) is 5.32 Å². The molecule has 130 valence electrons. The number of benzene rings is 2. The van der Waals surface area contributed by atoms with Crippen LogP contribution in [0.3, 0.4) is 0 Å². The highest BCUT2D eigenvalue weighted by Crippen LogP contribution is 2.31. The van der Waals surface area contributed by atoms with Crippen molar-refractivity contribution in [3.63, 3.8) is 0 Å². The Labute approximate surface area is 144 Å². The summed E-state index contributed by atoms with van der Waals surface area (Å²) in [7, 11) is 0. The van der Waals surface area contributed by atoms with Gasteiger partial charge in [0.15, 0.2) is 0 Å². The van der Waals surface area contributed by atoms with E-state index in [0.717, 1.165) is 10.6 Å². The SMILES string of the molecule is O=C(Cn1c(C(F)(F)F)nc2ccccc21)Nc1ccc(F)c(Cl)c1. The fraction of sp³-hybridized carbons (Fsp3) is 0.125. The molecule has 1 heterocycles. The highest BCUT2D eigenvalue weighted by atomic mass is 35.5. The minimum absolute atomic E-state index is 0.132. The normalized spacial score (nSPS) is 11.7. The van der Waals surface area contributed by atoms with Gasteiger partial charge in [-0.15, -0.1) is 0 Å². The van der Waals surface area contributed by atoms with Gasteiger partial charge >= 0.3 is 6.18 Å². The Morgan fingerprint density at radius 3 is 2.60 bits per heavy atom. The van der Waals surface area contributed by atoms with E-state index in [9.17, 15) is 22.4 Å². The van der Waals surface area contributed by atoms with Crippen LogP contribution >= 0.6 is 11.6 Å². The number of carbonyl (C=O) groups excluding carboxylic acids is 1. The molecular weight excluding hydrogens is 362 g/mol. The summed E-state index contributed by atoms with van der Waals surface area (Å²) in [6.45, 7) is -0.607. The lowest BCUT2D eigenvalue weighted by molar-refractivity contribution is -0.147. The van der Waals surface area contributed by atoms with Gasteiger partial charge in [0.05, 0.1) is 16.1 Å². The fourth-order valence-corrected chi connectivity index (χ4v) is 2.55. The van der Waals surface area contributed by atoms with Crippen LogP contribution in [0.2, 0.25) is 5.02 Å². The van der Waals surface area contributed by atoms with E-state index >= 15 is 0 Å². The standard InChI is InChI=1S/C16H10ClF4N3O/c17-10-7-9(5-6-11(10)18)22-14(25)8-24-13-4-2-1-3-12(13)23-15(24)16(19,20)21/h1-7H,8H2,(H,22,25). The number of fused-ring (bicyclic) bond motifs is 1. The zero-order valence-corrected chi connectivity index (χ0v) is 13.2. The number of hydrogen-bond donors (Lipinski definition) is 1. The van der Waals surface area contributed by atoms with E-state index in [-0.39, 0.29) is 21.7 Å². The Bertz CT molecular complexity index is 952. The number of nitrogens with one attached hydrogen (secondary N) is 1. The molecule has 2 aromatic carbocycles. The second-order valence-electron chi connectivity index (χ2n) is 5.19. The van der Waals surface area contributed by atoms with E-state index in [1.165, 1.54) is 24.3 Å². The van der Waals surface area contributed by atoms with Crippen molar-refractivity contribution in [3.8, 4) is 0 Å². The van der Waals surface area contributed by atoms with Crippen LogP contribution in [0.1, 0.15) is 5.82 Å². The summed E-state index contributed by atoms with van der Waals surface area (Å²) in [6.07, 6.45) is -4.71. The van der Waals surface area contributed by atoms with Crippen LogP contribution in [0.4, 0.5) is 23.2 Å². The van der Waals surface area contributed by atoms with Crippen LogP contribution in [0.15, 0.2) is 42.5 Å². The molecule has 9 heteroatoms. The number of amides is 1. The van der Waals surface area contributed by atoms with E-state index in [1.54, 1.807) is 12.1 Å². The maximum absolute atomic E-state index is 13.2. The Morgan fingerprint density at radius 1 is 1.20 bits per heavy atom. The number of alkyl halides is 3. The predicted octanol–water partition coefficient (Wildman–Crippen LogP) is 4.49. The molecule has 0 atom stereocenters. The zero-order chi connectivity index (χ0) is 18.2. The van der Waals surface area contributed by atoms with Gasteiger partial charge in [-0.05, 0) is 30.3 Å². The average molecular weight is 372 g/mol. The molecule has 0 aliphatic rings. The van der Waals surface area contributed by atoms with Crippen molar-refractivity contribution in [3.05, 3.63) is 59.1 Å². The second-order valence-corrected chi connectivity index (χ2v) is 5.59. The fourth-order valence-electron chi connectivity index (χ4n) is 2.37. The maximum Gasteiger partial charge on any atom is 0.449 e. The van der Waals surface area contributed by atoms with Crippen molar-refractivity contribution in [2.24, 2.45) is 0 Å². The minimum atomic E-state index is -4.71. The summed E-state index contributed by atoms with van der Waals surface area (Å²) in [5.41, 5.74) is 0.490. The lowest BCUT2D eigenvalue weighted by Gasteiger charge is -2.12. The van der Waals surface area contributed by atoms with Crippen LogP contribution in [0, 0.1) is 5.82 Å². The van der Waals surface area contributed by atoms with Crippen molar-refractivity contribution < 1.29 is 22.4 Å². The van der Waals surface area contributed by atoms with Gasteiger partial charge in [-0.1, -0.05) is 23.7 Å². The smallest absolute Gasteiger partial charge is 0.324 e. The lowest BCUT2D eigenvalue weighted by atomic mass is 10.3. The predicted molar refractivity (Wildman–Crippen MR) is 84.8 cm³/mol. The number of hydrogen-bond acceptors (Lipinski definition) is 2. The zero-order valence-electron chi connectivity index (χ0n) is 12.4. The Hall–Kier alpha value is -2.61. The first kappa shape index (κ1) is 17.2. The first-order valence-corrected chi connectivity index (χ1v) is 7.41. The van der Waals surface area contributed by atoms with Gasteiger partial charge in [0, 0.05) is 5.69 Å². The summed E-state index contributed by atoms with van der Waals surface area (Å²) in [6, 6.07) is 9.46. The molecule has 0 spiro atoms. The Kier molecular flexibility index (Phi) is 4.38. The number of imidazole rings is 1. The number of para-hydroxylation sites is 2. The molecule has 0 aliphatic carbocycles. The first-order chi connectivity index (χ1) is 11.8. The van der Waals surface area contributed by atoms with Gasteiger partial charge < -0.3 is 9.88 Å². The largest absolute Gasteiger partial charge is 0.449 e. The molecule has 0 saturated carbocycles. The van der Waals surface area contributed by atoms with Crippen molar-refractivity contribution >= 4 is 34.2 Å². The summed E-state index contributed by atoms with van der Waals surface area (Å²) in [5, 5.41) is 2.18. The Morgan fingerprint density at radius 2 is 1.92 bits per heavy atom. The van der Waals surface area contributed by atoms with E-state index in [0.29, 0.717) is 0 Å². The van der Waals surface area contributed by atoms with E-state index in [4.69, 9.17) is 11.6 Å². The number of anilines is 1. The summed E-state index contributed by atoms with van der Waals surface area (Å²) in [4.78, 5) is 15.7. The summed E-state index contributed by atoms with van der Waals surface area (Å²) in [5.74, 6) is -2.56. The molecule has 4 nitrogen and oxygen atoms in total. The van der Waals surface area contributed by atoms with Gasteiger partial charge in [0.25, 0.3) is 0 Å². The molecule has 1 amide bonds. The monoisotopic (exact) mass is 371 g/mol. The van der Waals surface area contributed by atoms with E-state index in [1.807, 2.05) is 0 Å². The number of halogens is 5. The lowest BCUT2D eigenvalue weighted by Crippen LogP contribution is -2.23. The van der Waals surface area contributed by atoms with E-state index in [2.05, 4.69) is 10.3 Å². The molecule has 1 aromatic heterocycles.